The average molecular weight is 417 g/mol. The van der Waals surface area contributed by atoms with Crippen LogP contribution in [0.4, 0.5) is 5.69 Å². The highest BCUT2D eigenvalue weighted by atomic mass is 32.1. The van der Waals surface area contributed by atoms with Gasteiger partial charge in [0.1, 0.15) is 11.9 Å². The Morgan fingerprint density at radius 2 is 2.00 bits per heavy atom. The predicted molar refractivity (Wildman–Crippen MR) is 119 cm³/mol. The molecule has 30 heavy (non-hydrogen) atoms. The van der Waals surface area contributed by atoms with E-state index in [0.717, 1.165) is 28.8 Å². The number of para-hydroxylation sites is 2. The van der Waals surface area contributed by atoms with Gasteiger partial charge in [0.15, 0.2) is 0 Å². The predicted octanol–water partition coefficient (Wildman–Crippen LogP) is 4.53. The molecule has 1 unspecified atom stereocenters. The van der Waals surface area contributed by atoms with Crippen molar-refractivity contribution < 1.29 is 9.59 Å². The molecule has 0 aliphatic carbocycles. The van der Waals surface area contributed by atoms with E-state index in [1.165, 1.54) is 11.3 Å². The lowest BCUT2D eigenvalue weighted by atomic mass is 10.1. The highest BCUT2D eigenvalue weighted by molar-refractivity contribution is 7.12. The lowest BCUT2D eigenvalue weighted by Gasteiger charge is -2.23. The number of thiophene rings is 1. The number of fused-ring (bicyclic) bond motifs is 1. The monoisotopic (exact) mass is 416 g/mol. The quantitative estimate of drug-likeness (QED) is 0.513. The van der Waals surface area contributed by atoms with E-state index in [1.807, 2.05) is 60.0 Å². The number of anilines is 1. The Hall–Kier alpha value is -3.45. The van der Waals surface area contributed by atoms with Crippen LogP contribution in [-0.4, -0.2) is 39.3 Å². The van der Waals surface area contributed by atoms with Crippen molar-refractivity contribution in [3.63, 3.8) is 0 Å². The Morgan fingerprint density at radius 1 is 1.10 bits per heavy atom. The second-order valence-electron chi connectivity index (χ2n) is 7.31. The fourth-order valence-corrected chi connectivity index (χ4v) is 4.56. The number of aromatic nitrogens is 2. The van der Waals surface area contributed by atoms with E-state index in [-0.39, 0.29) is 11.8 Å². The molecule has 1 saturated heterocycles. The summed E-state index contributed by atoms with van der Waals surface area (Å²) < 4.78 is 0. The number of amides is 2. The van der Waals surface area contributed by atoms with Gasteiger partial charge < -0.3 is 15.2 Å². The molecule has 0 spiro atoms. The molecule has 7 heteroatoms. The van der Waals surface area contributed by atoms with Gasteiger partial charge in [-0.25, -0.2) is 4.98 Å². The van der Waals surface area contributed by atoms with E-state index in [1.54, 1.807) is 11.0 Å². The van der Waals surface area contributed by atoms with Crippen molar-refractivity contribution in [1.29, 1.82) is 0 Å². The van der Waals surface area contributed by atoms with E-state index in [2.05, 4.69) is 15.3 Å². The number of rotatable bonds is 4. The molecule has 5 rings (SSSR count). The molecule has 2 amide bonds. The summed E-state index contributed by atoms with van der Waals surface area (Å²) in [6.07, 6.45) is 1.50. The van der Waals surface area contributed by atoms with Crippen LogP contribution in [0.3, 0.4) is 0 Å². The van der Waals surface area contributed by atoms with Crippen molar-refractivity contribution in [3.8, 4) is 11.4 Å². The van der Waals surface area contributed by atoms with Crippen LogP contribution in [0.5, 0.6) is 0 Å². The van der Waals surface area contributed by atoms with Crippen LogP contribution in [0.15, 0.2) is 66.0 Å². The summed E-state index contributed by atoms with van der Waals surface area (Å²) in [5, 5.41) is 4.86. The summed E-state index contributed by atoms with van der Waals surface area (Å²) in [5.74, 6) is 0.528. The van der Waals surface area contributed by atoms with Gasteiger partial charge in [0.05, 0.1) is 15.9 Å². The number of carbonyl (C=O) groups excluding carboxylic acids is 2. The molecule has 3 heterocycles. The number of hydrogen-bond donors (Lipinski definition) is 2. The molecule has 0 radical (unpaired) electrons. The number of carbonyl (C=O) groups is 2. The van der Waals surface area contributed by atoms with Crippen molar-refractivity contribution in [2.24, 2.45) is 0 Å². The van der Waals surface area contributed by atoms with Crippen molar-refractivity contribution in [3.05, 3.63) is 70.9 Å². The summed E-state index contributed by atoms with van der Waals surface area (Å²) in [5.41, 5.74) is 3.45. The molecular formula is C23H20N4O2S. The lowest BCUT2D eigenvalue weighted by Crippen LogP contribution is -2.42. The van der Waals surface area contributed by atoms with Gasteiger partial charge in [0, 0.05) is 17.8 Å². The van der Waals surface area contributed by atoms with Crippen molar-refractivity contribution in [1.82, 2.24) is 14.9 Å². The van der Waals surface area contributed by atoms with Crippen LogP contribution in [0, 0.1) is 0 Å². The Balaban J connectivity index is 1.35. The maximum Gasteiger partial charge on any atom is 0.264 e. The van der Waals surface area contributed by atoms with Gasteiger partial charge in [-0.1, -0.05) is 30.3 Å². The van der Waals surface area contributed by atoms with E-state index >= 15 is 0 Å². The molecule has 4 aromatic rings. The van der Waals surface area contributed by atoms with Gasteiger partial charge in [-0.05, 0) is 48.6 Å². The second-order valence-corrected chi connectivity index (χ2v) is 8.25. The highest BCUT2D eigenvalue weighted by Gasteiger charge is 2.34. The summed E-state index contributed by atoms with van der Waals surface area (Å²) in [4.78, 5) is 36.0. The molecule has 6 nitrogen and oxygen atoms in total. The van der Waals surface area contributed by atoms with Crippen LogP contribution in [-0.2, 0) is 4.79 Å². The first kappa shape index (κ1) is 18.6. The maximum atomic E-state index is 13.0. The van der Waals surface area contributed by atoms with Crippen LogP contribution in [0.25, 0.3) is 22.4 Å². The van der Waals surface area contributed by atoms with Gasteiger partial charge in [-0.15, -0.1) is 11.3 Å². The van der Waals surface area contributed by atoms with Gasteiger partial charge in [0.2, 0.25) is 5.91 Å². The summed E-state index contributed by atoms with van der Waals surface area (Å²) in [6, 6.07) is 18.7. The standard InChI is InChI=1S/C23H20N4O2S/c28-22(19-10-4-12-27(19)23(29)20-11-5-13-30-20)24-16-7-3-6-15(14-16)21-25-17-8-1-2-9-18(17)26-21/h1-3,5-9,11,13-14,19H,4,10,12H2,(H,24,28)(H,25,26). The third kappa shape index (κ3) is 3.48. The van der Waals surface area contributed by atoms with Gasteiger partial charge in [-0.3, -0.25) is 9.59 Å². The first-order valence-corrected chi connectivity index (χ1v) is 10.8. The third-order valence-corrected chi connectivity index (χ3v) is 6.20. The minimum atomic E-state index is -0.450. The number of benzene rings is 2. The first-order valence-electron chi connectivity index (χ1n) is 9.89. The smallest absolute Gasteiger partial charge is 0.264 e. The second kappa shape index (κ2) is 7.76. The Kier molecular flexibility index (Phi) is 4.80. The van der Waals surface area contributed by atoms with E-state index in [4.69, 9.17) is 0 Å². The molecule has 0 bridgehead atoms. The number of aromatic amines is 1. The zero-order chi connectivity index (χ0) is 20.5. The topological polar surface area (TPSA) is 78.1 Å². The minimum absolute atomic E-state index is 0.0707. The highest BCUT2D eigenvalue weighted by Crippen LogP contribution is 2.26. The summed E-state index contributed by atoms with van der Waals surface area (Å²) in [6.45, 7) is 0.605. The number of imidazole rings is 1. The largest absolute Gasteiger partial charge is 0.338 e. The molecule has 1 aliphatic rings. The maximum absolute atomic E-state index is 13.0. The number of H-pyrrole nitrogens is 1. The van der Waals surface area contributed by atoms with E-state index in [0.29, 0.717) is 23.5 Å². The van der Waals surface area contributed by atoms with Gasteiger partial charge in [-0.2, -0.15) is 0 Å². The fraction of sp³-hybridized carbons (Fsp3) is 0.174. The van der Waals surface area contributed by atoms with E-state index < -0.39 is 6.04 Å². The van der Waals surface area contributed by atoms with Gasteiger partial charge >= 0.3 is 0 Å². The number of hydrogen-bond acceptors (Lipinski definition) is 4. The minimum Gasteiger partial charge on any atom is -0.338 e. The fourth-order valence-electron chi connectivity index (χ4n) is 3.88. The third-order valence-electron chi connectivity index (χ3n) is 5.34. The molecule has 2 aromatic heterocycles. The average Bonchev–Trinajstić information content (AvgIpc) is 3.53. The molecule has 150 valence electrons. The Bertz CT molecular complexity index is 1180. The molecule has 0 saturated carbocycles. The molecule has 2 aromatic carbocycles. The number of nitrogens with one attached hydrogen (secondary N) is 2. The molecule has 1 atom stereocenters. The van der Waals surface area contributed by atoms with Crippen molar-refractivity contribution in [2.75, 3.05) is 11.9 Å². The van der Waals surface area contributed by atoms with Crippen molar-refractivity contribution in [2.45, 2.75) is 18.9 Å². The molecule has 2 N–H and O–H groups in total. The van der Waals surface area contributed by atoms with Crippen LogP contribution in [0.1, 0.15) is 22.5 Å². The molecule has 1 aliphatic heterocycles. The zero-order valence-electron chi connectivity index (χ0n) is 16.2. The van der Waals surface area contributed by atoms with Crippen LogP contribution >= 0.6 is 11.3 Å². The van der Waals surface area contributed by atoms with Crippen LogP contribution < -0.4 is 5.32 Å². The normalized spacial score (nSPS) is 16.1. The molecule has 1 fully saturated rings. The van der Waals surface area contributed by atoms with Crippen LogP contribution in [0.2, 0.25) is 0 Å². The summed E-state index contributed by atoms with van der Waals surface area (Å²) >= 11 is 1.40. The SMILES string of the molecule is O=C(Nc1cccc(-c2nc3ccccc3[nH]2)c1)C1CCCN1C(=O)c1cccs1. The first-order chi connectivity index (χ1) is 14.7. The zero-order valence-corrected chi connectivity index (χ0v) is 17.0. The van der Waals surface area contributed by atoms with Crippen molar-refractivity contribution >= 4 is 39.9 Å². The Morgan fingerprint density at radius 3 is 2.83 bits per heavy atom. The Labute approximate surface area is 177 Å². The lowest BCUT2D eigenvalue weighted by molar-refractivity contribution is -0.119. The summed E-state index contributed by atoms with van der Waals surface area (Å²) in [7, 11) is 0. The van der Waals surface area contributed by atoms with Gasteiger partial charge in [0.25, 0.3) is 5.91 Å². The van der Waals surface area contributed by atoms with E-state index in [9.17, 15) is 9.59 Å². The number of likely N-dealkylation sites (tertiary alicyclic amines) is 1. The molecular weight excluding hydrogens is 396 g/mol. The number of nitrogens with zero attached hydrogens (tertiary/aromatic N) is 2.